The molecule has 1 N–H and O–H groups in total. The fourth-order valence-electron chi connectivity index (χ4n) is 2.32. The summed E-state index contributed by atoms with van der Waals surface area (Å²) in [5, 5.41) is 6.81. The average molecular weight is 394 g/mol. The summed E-state index contributed by atoms with van der Waals surface area (Å²) in [6, 6.07) is 15.1. The van der Waals surface area contributed by atoms with Crippen LogP contribution in [0.2, 0.25) is 0 Å². The van der Waals surface area contributed by atoms with Crippen LogP contribution in [0, 0.1) is 2.88 Å². The van der Waals surface area contributed by atoms with Crippen molar-refractivity contribution in [2.24, 2.45) is 0 Å². The number of para-hydroxylation sites is 1. The second-order valence-corrected chi connectivity index (χ2v) is 7.53. The highest BCUT2D eigenvalue weighted by atomic mass is 127. The van der Waals surface area contributed by atoms with Crippen molar-refractivity contribution in [2.75, 3.05) is 7.05 Å². The number of hydrogen-bond acceptors (Lipinski definition) is 3. The smallest absolute Gasteiger partial charge is 0.0705 e. The maximum absolute atomic E-state index is 4.76. The van der Waals surface area contributed by atoms with Crippen LogP contribution in [0.25, 0.3) is 10.9 Å². The molecule has 3 rings (SSSR count). The van der Waals surface area contributed by atoms with Crippen molar-refractivity contribution < 1.29 is 0 Å². The molecule has 0 bridgehead atoms. The van der Waals surface area contributed by atoms with E-state index in [1.54, 1.807) is 11.3 Å². The highest BCUT2D eigenvalue weighted by Crippen LogP contribution is 2.25. The largest absolute Gasteiger partial charge is 0.313 e. The number of fused-ring (bicyclic) bond motifs is 1. The third-order valence-corrected chi connectivity index (χ3v) is 5.22. The van der Waals surface area contributed by atoms with Crippen LogP contribution in [0.1, 0.15) is 17.3 Å². The van der Waals surface area contributed by atoms with E-state index in [2.05, 4.69) is 63.6 Å². The molecule has 1 aromatic carbocycles. The van der Waals surface area contributed by atoms with Crippen LogP contribution in [0.3, 0.4) is 0 Å². The summed E-state index contributed by atoms with van der Waals surface area (Å²) in [5.74, 6) is 0. The second kappa shape index (κ2) is 6.20. The molecule has 0 radical (unpaired) electrons. The summed E-state index contributed by atoms with van der Waals surface area (Å²) in [6.45, 7) is 0. The monoisotopic (exact) mass is 394 g/mol. The van der Waals surface area contributed by atoms with E-state index in [9.17, 15) is 0 Å². The number of pyridine rings is 1. The standard InChI is InChI=1S/C16H15IN2S/c1-18-15(12-8-16(17)20-10-12)9-13-7-6-11-4-2-3-5-14(11)19-13/h2-8,10,15,18H,9H2,1H3. The molecular weight excluding hydrogens is 379 g/mol. The second-order valence-electron chi connectivity index (χ2n) is 4.72. The van der Waals surface area contributed by atoms with Crippen LogP contribution in [-0.2, 0) is 6.42 Å². The molecule has 102 valence electrons. The van der Waals surface area contributed by atoms with Gasteiger partial charge in [0.2, 0.25) is 0 Å². The molecule has 2 aromatic heterocycles. The first kappa shape index (κ1) is 14.0. The molecule has 0 saturated heterocycles. The quantitative estimate of drug-likeness (QED) is 0.664. The minimum atomic E-state index is 0.323. The number of aromatic nitrogens is 1. The lowest BCUT2D eigenvalue weighted by Crippen LogP contribution is -2.18. The van der Waals surface area contributed by atoms with Gasteiger partial charge in [0, 0.05) is 23.5 Å². The number of benzene rings is 1. The molecule has 3 aromatic rings. The van der Waals surface area contributed by atoms with Gasteiger partial charge in [-0.25, -0.2) is 0 Å². The van der Waals surface area contributed by atoms with Gasteiger partial charge in [0.25, 0.3) is 0 Å². The van der Waals surface area contributed by atoms with Gasteiger partial charge >= 0.3 is 0 Å². The number of nitrogens with zero attached hydrogens (tertiary/aromatic N) is 1. The summed E-state index contributed by atoms with van der Waals surface area (Å²) in [6.07, 6.45) is 0.911. The number of thiophene rings is 1. The Hall–Kier alpha value is -0.980. The normalized spacial score (nSPS) is 12.7. The zero-order valence-corrected chi connectivity index (χ0v) is 14.1. The molecule has 0 aliphatic rings. The van der Waals surface area contributed by atoms with Crippen molar-refractivity contribution in [2.45, 2.75) is 12.5 Å². The third kappa shape index (κ3) is 3.02. The fraction of sp³-hybridized carbons (Fsp3) is 0.188. The predicted molar refractivity (Wildman–Crippen MR) is 94.3 cm³/mol. The van der Waals surface area contributed by atoms with E-state index in [0.717, 1.165) is 17.6 Å². The topological polar surface area (TPSA) is 24.9 Å². The van der Waals surface area contributed by atoms with E-state index in [4.69, 9.17) is 4.98 Å². The van der Waals surface area contributed by atoms with Crippen LogP contribution < -0.4 is 5.32 Å². The van der Waals surface area contributed by atoms with Crippen LogP contribution in [-0.4, -0.2) is 12.0 Å². The lowest BCUT2D eigenvalue weighted by molar-refractivity contribution is 0.587. The molecule has 0 spiro atoms. The van der Waals surface area contributed by atoms with Gasteiger partial charge in [-0.1, -0.05) is 24.3 Å². The predicted octanol–water partition coefficient (Wildman–Crippen LogP) is 4.40. The van der Waals surface area contributed by atoms with E-state index in [0.29, 0.717) is 6.04 Å². The molecule has 4 heteroatoms. The first-order valence-electron chi connectivity index (χ1n) is 6.52. The minimum Gasteiger partial charge on any atom is -0.313 e. The summed E-state index contributed by atoms with van der Waals surface area (Å²) < 4.78 is 1.32. The van der Waals surface area contributed by atoms with Crippen LogP contribution in [0.15, 0.2) is 47.8 Å². The highest BCUT2D eigenvalue weighted by Gasteiger charge is 2.12. The number of halogens is 1. The number of hydrogen-bond donors (Lipinski definition) is 1. The molecular formula is C16H15IN2S. The van der Waals surface area contributed by atoms with Gasteiger partial charge in [0.05, 0.1) is 8.40 Å². The maximum atomic E-state index is 4.76. The van der Waals surface area contributed by atoms with Crippen LogP contribution in [0.4, 0.5) is 0 Å². The van der Waals surface area contributed by atoms with E-state index in [1.165, 1.54) is 13.8 Å². The first-order chi connectivity index (χ1) is 9.76. The molecule has 2 nitrogen and oxygen atoms in total. The SMILES string of the molecule is CNC(Cc1ccc2ccccc2n1)c1csc(I)c1. The lowest BCUT2D eigenvalue weighted by Gasteiger charge is -2.14. The van der Waals surface area contributed by atoms with E-state index < -0.39 is 0 Å². The van der Waals surface area contributed by atoms with Crippen LogP contribution in [0.5, 0.6) is 0 Å². The van der Waals surface area contributed by atoms with E-state index in [1.807, 2.05) is 19.2 Å². The van der Waals surface area contributed by atoms with Crippen molar-refractivity contribution in [1.29, 1.82) is 0 Å². The highest BCUT2D eigenvalue weighted by molar-refractivity contribution is 14.1. The zero-order chi connectivity index (χ0) is 13.9. The Morgan fingerprint density at radius 1 is 1.25 bits per heavy atom. The molecule has 0 aliphatic heterocycles. The first-order valence-corrected chi connectivity index (χ1v) is 8.48. The zero-order valence-electron chi connectivity index (χ0n) is 11.1. The van der Waals surface area contributed by atoms with Gasteiger partial charge in [-0.15, -0.1) is 11.3 Å². The Morgan fingerprint density at radius 2 is 2.10 bits per heavy atom. The van der Waals surface area contributed by atoms with Crippen molar-refractivity contribution in [1.82, 2.24) is 10.3 Å². The number of nitrogens with one attached hydrogen (secondary N) is 1. The number of rotatable bonds is 4. The Kier molecular flexibility index (Phi) is 4.33. The minimum absolute atomic E-state index is 0.323. The Morgan fingerprint density at radius 3 is 2.85 bits per heavy atom. The van der Waals surface area contributed by atoms with Gasteiger partial charge in [-0.2, -0.15) is 0 Å². The van der Waals surface area contributed by atoms with Crippen molar-refractivity contribution in [3.63, 3.8) is 0 Å². The van der Waals surface area contributed by atoms with Gasteiger partial charge < -0.3 is 5.32 Å². The van der Waals surface area contributed by atoms with E-state index >= 15 is 0 Å². The summed E-state index contributed by atoms with van der Waals surface area (Å²) in [7, 11) is 2.01. The lowest BCUT2D eigenvalue weighted by atomic mass is 10.0. The van der Waals surface area contributed by atoms with Crippen molar-refractivity contribution >= 4 is 44.8 Å². The molecule has 0 fully saturated rings. The maximum Gasteiger partial charge on any atom is 0.0705 e. The van der Waals surface area contributed by atoms with Gasteiger partial charge in [0.15, 0.2) is 0 Å². The molecule has 0 amide bonds. The molecule has 0 saturated carbocycles. The molecule has 0 aliphatic carbocycles. The average Bonchev–Trinajstić information content (AvgIpc) is 2.91. The summed E-state index contributed by atoms with van der Waals surface area (Å²) >= 11 is 4.16. The van der Waals surface area contributed by atoms with Gasteiger partial charge in [-0.3, -0.25) is 4.98 Å². The Balaban J connectivity index is 1.87. The fourth-order valence-corrected chi connectivity index (χ4v) is 3.75. The molecule has 20 heavy (non-hydrogen) atoms. The van der Waals surface area contributed by atoms with Crippen molar-refractivity contribution in [3.05, 3.63) is 62.0 Å². The van der Waals surface area contributed by atoms with Crippen LogP contribution >= 0.6 is 33.9 Å². The van der Waals surface area contributed by atoms with Gasteiger partial charge in [0.1, 0.15) is 0 Å². The van der Waals surface area contributed by atoms with Gasteiger partial charge in [-0.05, 0) is 58.8 Å². The van der Waals surface area contributed by atoms with Crippen molar-refractivity contribution in [3.8, 4) is 0 Å². The Labute approximate surface area is 136 Å². The Bertz CT molecular complexity index is 723. The van der Waals surface area contributed by atoms with E-state index in [-0.39, 0.29) is 0 Å². The molecule has 2 heterocycles. The molecule has 1 unspecified atom stereocenters. The molecule has 1 atom stereocenters. The summed E-state index contributed by atoms with van der Waals surface area (Å²) in [4.78, 5) is 4.76. The third-order valence-electron chi connectivity index (χ3n) is 3.41. The summed E-state index contributed by atoms with van der Waals surface area (Å²) in [5.41, 5.74) is 3.54. The number of likely N-dealkylation sites (N-methyl/N-ethyl adjacent to an activating group) is 1.